The van der Waals surface area contributed by atoms with Gasteiger partial charge in [-0.05, 0) is 43.0 Å². The average molecular weight is 460 g/mol. The summed E-state index contributed by atoms with van der Waals surface area (Å²) in [5.41, 5.74) is 2.91. The molecule has 0 saturated heterocycles. The second-order valence-electron chi connectivity index (χ2n) is 8.77. The summed E-state index contributed by atoms with van der Waals surface area (Å²) in [6.45, 7) is 17.3. The Balaban J connectivity index is 3.28. The van der Waals surface area contributed by atoms with E-state index in [4.69, 9.17) is 4.74 Å². The van der Waals surface area contributed by atoms with Gasteiger partial charge in [-0.3, -0.25) is 9.59 Å². The first-order valence-electron chi connectivity index (χ1n) is 11.1. The van der Waals surface area contributed by atoms with Gasteiger partial charge in [0.15, 0.2) is 0 Å². The number of anilines is 1. The molecule has 0 aliphatic rings. The molecule has 176 valence electrons. The second-order valence-corrected chi connectivity index (χ2v) is 10.6. The summed E-state index contributed by atoms with van der Waals surface area (Å²) in [6, 6.07) is 5.57. The number of aryl methyl sites for hydroxylation is 2. The molecule has 1 amide bonds. The summed E-state index contributed by atoms with van der Waals surface area (Å²) in [5, 5.41) is 0. The number of benzene rings is 1. The van der Waals surface area contributed by atoms with Crippen molar-refractivity contribution in [1.82, 2.24) is 0 Å². The Kier molecular flexibility index (Phi) is 11.5. The molecule has 1 unspecified atom stereocenters. The molecule has 6 heteroatoms. The van der Waals surface area contributed by atoms with Crippen LogP contribution in [0.2, 0.25) is 0 Å². The molecule has 1 aromatic carbocycles. The van der Waals surface area contributed by atoms with Crippen LogP contribution in [0.4, 0.5) is 5.69 Å². The Labute approximate surface area is 197 Å². The van der Waals surface area contributed by atoms with Gasteiger partial charge in [-0.2, -0.15) is 11.8 Å². The third kappa shape index (κ3) is 9.43. The number of amides is 1. The fourth-order valence-electron chi connectivity index (χ4n) is 3.28. The molecule has 0 aromatic heterocycles. The monoisotopic (exact) mass is 459 g/mol. The van der Waals surface area contributed by atoms with Crippen molar-refractivity contribution in [1.29, 1.82) is 0 Å². The lowest BCUT2D eigenvalue weighted by Crippen LogP contribution is -2.44. The predicted molar refractivity (Wildman–Crippen MR) is 134 cm³/mol. The lowest BCUT2D eigenvalue weighted by Gasteiger charge is -2.33. The number of carbonyl (C=O) groups excluding carboxylic acids is 3. The lowest BCUT2D eigenvalue weighted by atomic mass is 10.0. The van der Waals surface area contributed by atoms with Crippen molar-refractivity contribution < 1.29 is 19.1 Å². The van der Waals surface area contributed by atoms with Gasteiger partial charge >= 0.3 is 11.9 Å². The van der Waals surface area contributed by atoms with Gasteiger partial charge in [-0.25, -0.2) is 4.79 Å². The van der Waals surface area contributed by atoms with E-state index in [2.05, 4.69) is 46.9 Å². The standard InChI is InChI=1S/C26H37NO4S/c1-8-11-12-13-20-14-15-22(19(4)16-20)27(23(28)9-2)21(18-32-26(5,6)7)17-25(30)31-24(29)10-3/h9-10,14-16,21H,2-3,8,11-13,17-18H2,1,4-7H3. The molecule has 0 heterocycles. The second kappa shape index (κ2) is 13.3. The van der Waals surface area contributed by atoms with E-state index in [1.807, 2.05) is 19.1 Å². The molecule has 5 nitrogen and oxygen atoms in total. The van der Waals surface area contributed by atoms with Crippen molar-refractivity contribution in [3.05, 3.63) is 54.6 Å². The highest BCUT2D eigenvalue weighted by Gasteiger charge is 2.30. The van der Waals surface area contributed by atoms with Crippen LogP contribution >= 0.6 is 11.8 Å². The smallest absolute Gasteiger partial charge is 0.337 e. The number of ether oxygens (including phenoxy) is 1. The molecule has 0 spiro atoms. The normalized spacial score (nSPS) is 12.0. The quantitative estimate of drug-likeness (QED) is 0.171. The van der Waals surface area contributed by atoms with Gasteiger partial charge in [0, 0.05) is 22.3 Å². The number of nitrogens with zero attached hydrogens (tertiary/aromatic N) is 1. The molecule has 1 aromatic rings. The average Bonchev–Trinajstić information content (AvgIpc) is 2.72. The van der Waals surface area contributed by atoms with Crippen molar-refractivity contribution >= 4 is 35.3 Å². The Morgan fingerprint density at radius 2 is 1.84 bits per heavy atom. The number of hydrogen-bond donors (Lipinski definition) is 0. The first-order valence-corrected chi connectivity index (χ1v) is 12.1. The number of esters is 2. The minimum absolute atomic E-state index is 0.0693. The van der Waals surface area contributed by atoms with Gasteiger partial charge < -0.3 is 9.64 Å². The van der Waals surface area contributed by atoms with Gasteiger partial charge in [0.1, 0.15) is 0 Å². The van der Waals surface area contributed by atoms with Crippen molar-refractivity contribution in [2.45, 2.75) is 77.5 Å². The van der Waals surface area contributed by atoms with Crippen LogP contribution in [0.5, 0.6) is 0 Å². The summed E-state index contributed by atoms with van der Waals surface area (Å²) in [5.74, 6) is -1.29. The number of carbonyl (C=O) groups is 3. The van der Waals surface area contributed by atoms with E-state index in [-0.39, 0.29) is 17.1 Å². The molecule has 32 heavy (non-hydrogen) atoms. The maximum atomic E-state index is 12.9. The SMILES string of the molecule is C=CC(=O)OC(=O)CC(CSC(C)(C)C)N(C(=O)C=C)c1ccc(CCCCC)cc1C. The zero-order valence-electron chi connectivity index (χ0n) is 20.1. The van der Waals surface area contributed by atoms with Gasteiger partial charge in [-0.1, -0.05) is 65.8 Å². The van der Waals surface area contributed by atoms with E-state index in [1.54, 1.807) is 16.7 Å². The molecule has 0 aliphatic carbocycles. The topological polar surface area (TPSA) is 63.7 Å². The molecular formula is C26H37NO4S. The van der Waals surface area contributed by atoms with Crippen LogP contribution in [0.25, 0.3) is 0 Å². The Bertz CT molecular complexity index is 826. The Morgan fingerprint density at radius 3 is 2.38 bits per heavy atom. The van der Waals surface area contributed by atoms with E-state index in [0.29, 0.717) is 5.75 Å². The molecule has 0 saturated carbocycles. The van der Waals surface area contributed by atoms with E-state index in [0.717, 1.165) is 36.6 Å². The maximum absolute atomic E-state index is 12.9. The van der Waals surface area contributed by atoms with Crippen molar-refractivity contribution in [3.8, 4) is 0 Å². The predicted octanol–water partition coefficient (Wildman–Crippen LogP) is 5.79. The van der Waals surface area contributed by atoms with Crippen LogP contribution in [-0.2, 0) is 25.5 Å². The number of rotatable bonds is 12. The van der Waals surface area contributed by atoms with E-state index in [1.165, 1.54) is 18.1 Å². The zero-order chi connectivity index (χ0) is 24.3. The van der Waals surface area contributed by atoms with E-state index < -0.39 is 18.0 Å². The molecule has 0 N–H and O–H groups in total. The molecule has 1 atom stereocenters. The molecule has 0 fully saturated rings. The number of unbranched alkanes of at least 4 members (excludes halogenated alkanes) is 2. The van der Waals surface area contributed by atoms with E-state index >= 15 is 0 Å². The highest BCUT2D eigenvalue weighted by molar-refractivity contribution is 8.00. The zero-order valence-corrected chi connectivity index (χ0v) is 20.9. The lowest BCUT2D eigenvalue weighted by molar-refractivity contribution is -0.156. The van der Waals surface area contributed by atoms with Gasteiger partial charge in [0.05, 0.1) is 12.5 Å². The molecule has 0 bridgehead atoms. The van der Waals surface area contributed by atoms with Crippen LogP contribution in [-0.4, -0.2) is 34.4 Å². The highest BCUT2D eigenvalue weighted by Crippen LogP contribution is 2.31. The summed E-state index contributed by atoms with van der Waals surface area (Å²) < 4.78 is 4.73. The summed E-state index contributed by atoms with van der Waals surface area (Å²) in [4.78, 5) is 38.5. The summed E-state index contributed by atoms with van der Waals surface area (Å²) >= 11 is 1.64. The minimum Gasteiger partial charge on any atom is -0.390 e. The van der Waals surface area contributed by atoms with E-state index in [9.17, 15) is 14.4 Å². The van der Waals surface area contributed by atoms with Crippen molar-refractivity contribution in [2.75, 3.05) is 10.7 Å². The summed E-state index contributed by atoms with van der Waals surface area (Å²) in [6.07, 6.45) is 6.55. The molecule has 1 rings (SSSR count). The van der Waals surface area contributed by atoms with Gasteiger partial charge in [0.2, 0.25) is 0 Å². The van der Waals surface area contributed by atoms with Crippen molar-refractivity contribution in [2.24, 2.45) is 0 Å². The van der Waals surface area contributed by atoms with Crippen LogP contribution in [0.1, 0.15) is 64.5 Å². The largest absolute Gasteiger partial charge is 0.390 e. The third-order valence-electron chi connectivity index (χ3n) is 4.86. The van der Waals surface area contributed by atoms with Crippen LogP contribution in [0.15, 0.2) is 43.5 Å². The Hall–Kier alpha value is -2.34. The van der Waals surface area contributed by atoms with Gasteiger partial charge in [-0.15, -0.1) is 0 Å². The summed E-state index contributed by atoms with van der Waals surface area (Å²) in [7, 11) is 0. The highest BCUT2D eigenvalue weighted by atomic mass is 32.2. The van der Waals surface area contributed by atoms with Crippen LogP contribution in [0.3, 0.4) is 0 Å². The third-order valence-corrected chi connectivity index (χ3v) is 6.28. The van der Waals surface area contributed by atoms with Crippen molar-refractivity contribution in [3.63, 3.8) is 0 Å². The van der Waals surface area contributed by atoms with Crippen LogP contribution < -0.4 is 4.90 Å². The maximum Gasteiger partial charge on any atom is 0.337 e. The fourth-order valence-corrected chi connectivity index (χ4v) is 4.23. The van der Waals surface area contributed by atoms with Gasteiger partial charge in [0.25, 0.3) is 5.91 Å². The fraction of sp³-hybridized carbons (Fsp3) is 0.500. The minimum atomic E-state index is -0.800. The number of hydrogen-bond acceptors (Lipinski definition) is 5. The first kappa shape index (κ1) is 27.7. The van der Waals surface area contributed by atoms with Crippen LogP contribution in [0, 0.1) is 6.92 Å². The molecule has 0 aliphatic heterocycles. The first-order chi connectivity index (χ1) is 15.0. The number of thioether (sulfide) groups is 1. The Morgan fingerprint density at radius 1 is 1.16 bits per heavy atom. The molecule has 0 radical (unpaired) electrons. The molecular weight excluding hydrogens is 422 g/mol.